The van der Waals surface area contributed by atoms with Crippen LogP contribution in [0.3, 0.4) is 0 Å². The van der Waals surface area contributed by atoms with Gasteiger partial charge in [-0.15, -0.1) is 11.8 Å². The van der Waals surface area contributed by atoms with E-state index in [4.69, 9.17) is 4.42 Å². The summed E-state index contributed by atoms with van der Waals surface area (Å²) in [4.78, 5) is 13.4. The van der Waals surface area contributed by atoms with Gasteiger partial charge in [-0.3, -0.25) is 4.79 Å². The van der Waals surface area contributed by atoms with E-state index in [1.54, 1.807) is 11.8 Å². The minimum Gasteiger partial charge on any atom is -0.440 e. The van der Waals surface area contributed by atoms with Crippen molar-refractivity contribution < 1.29 is 17.6 Å². The number of thioether (sulfide) groups is 1. The van der Waals surface area contributed by atoms with Crippen molar-refractivity contribution in [3.05, 3.63) is 47.7 Å². The monoisotopic (exact) mass is 337 g/mol. The van der Waals surface area contributed by atoms with Gasteiger partial charge in [-0.1, -0.05) is 18.2 Å². The van der Waals surface area contributed by atoms with Gasteiger partial charge in [0.25, 0.3) is 5.91 Å². The van der Waals surface area contributed by atoms with E-state index in [-0.39, 0.29) is 16.9 Å². The van der Waals surface area contributed by atoms with E-state index in [0.29, 0.717) is 0 Å². The molecule has 2 aromatic rings. The van der Waals surface area contributed by atoms with Crippen molar-refractivity contribution in [1.29, 1.82) is 0 Å². The summed E-state index contributed by atoms with van der Waals surface area (Å²) in [5, 5.41) is 2.72. The summed E-state index contributed by atoms with van der Waals surface area (Å²) < 4.78 is 27.9. The lowest BCUT2D eigenvalue weighted by atomic mass is 10.0. The number of carbonyl (C=O) groups excluding carboxylic acids is 1. The summed E-state index contributed by atoms with van der Waals surface area (Å²) in [7, 11) is -3.45. The quantitative estimate of drug-likeness (QED) is 0.932. The second-order valence-electron chi connectivity index (χ2n) is 5.09. The van der Waals surface area contributed by atoms with E-state index in [2.05, 4.69) is 5.32 Å². The second-order valence-corrected chi connectivity index (χ2v) is 8.18. The lowest BCUT2D eigenvalue weighted by molar-refractivity contribution is 0.0901. The van der Waals surface area contributed by atoms with Crippen LogP contribution in [0, 0.1) is 0 Å². The molecule has 0 radical (unpaired) electrons. The molecule has 0 saturated carbocycles. The fraction of sp³-hybridized carbons (Fsp3) is 0.267. The largest absolute Gasteiger partial charge is 0.440 e. The highest BCUT2D eigenvalue weighted by molar-refractivity contribution is 7.99. The molecule has 0 aliphatic carbocycles. The zero-order valence-electron chi connectivity index (χ0n) is 11.9. The number of hydrogen-bond acceptors (Lipinski definition) is 5. The van der Waals surface area contributed by atoms with Gasteiger partial charge in [0.2, 0.25) is 14.9 Å². The summed E-state index contributed by atoms with van der Waals surface area (Å²) in [6, 6.07) is 10.5. The molecular weight excluding hydrogens is 322 g/mol. The van der Waals surface area contributed by atoms with E-state index in [9.17, 15) is 13.2 Å². The topological polar surface area (TPSA) is 76.4 Å². The van der Waals surface area contributed by atoms with Crippen LogP contribution in [0.1, 0.15) is 28.6 Å². The first-order chi connectivity index (χ1) is 10.4. The third-order valence-electron chi connectivity index (χ3n) is 3.43. The Morgan fingerprint density at radius 2 is 2.05 bits per heavy atom. The minimum atomic E-state index is -3.45. The molecule has 1 aromatic carbocycles. The molecule has 116 valence electrons. The molecule has 0 bridgehead atoms. The molecule has 0 fully saturated rings. The van der Waals surface area contributed by atoms with Gasteiger partial charge in [0, 0.05) is 16.9 Å². The van der Waals surface area contributed by atoms with Crippen LogP contribution < -0.4 is 5.32 Å². The maximum Gasteiger partial charge on any atom is 0.287 e. The summed E-state index contributed by atoms with van der Waals surface area (Å²) in [6.45, 7) is 0. The third kappa shape index (κ3) is 3.05. The predicted molar refractivity (Wildman–Crippen MR) is 83.8 cm³/mol. The molecule has 1 unspecified atom stereocenters. The molecule has 7 heteroatoms. The lowest BCUT2D eigenvalue weighted by Gasteiger charge is -2.25. The highest BCUT2D eigenvalue weighted by Crippen LogP contribution is 2.35. The van der Waals surface area contributed by atoms with Crippen LogP contribution in [0.15, 0.2) is 50.8 Å². The van der Waals surface area contributed by atoms with Gasteiger partial charge in [-0.25, -0.2) is 8.42 Å². The Kier molecular flexibility index (Phi) is 4.01. The fourth-order valence-electron chi connectivity index (χ4n) is 2.36. The Bertz CT molecular complexity index is 810. The number of rotatable bonds is 3. The molecule has 1 aliphatic heterocycles. The summed E-state index contributed by atoms with van der Waals surface area (Å²) in [5.74, 6) is 0.534. The first kappa shape index (κ1) is 15.2. The molecule has 1 aliphatic rings. The Morgan fingerprint density at radius 1 is 1.27 bits per heavy atom. The Hall–Kier alpha value is -1.73. The number of carbonyl (C=O) groups is 1. The number of furan rings is 1. The number of hydrogen-bond donors (Lipinski definition) is 1. The van der Waals surface area contributed by atoms with Crippen LogP contribution in [-0.2, 0) is 9.84 Å². The van der Waals surface area contributed by atoms with Crippen LogP contribution in [-0.4, -0.2) is 26.3 Å². The van der Waals surface area contributed by atoms with Crippen LogP contribution in [0.25, 0.3) is 0 Å². The number of benzene rings is 1. The standard InChI is InChI=1S/C15H15NO4S2/c1-22(18,19)14-7-6-12(20-14)15(17)16-11-8-9-21-13-5-3-2-4-10(11)13/h2-7,11H,8-9H2,1H3,(H,16,17). The summed E-state index contributed by atoms with van der Waals surface area (Å²) in [6.07, 6.45) is 1.87. The SMILES string of the molecule is CS(=O)(=O)c1ccc(C(=O)NC2CCSc3ccccc32)o1. The minimum absolute atomic E-state index is 0.0103. The van der Waals surface area contributed by atoms with Crippen molar-refractivity contribution >= 4 is 27.5 Å². The number of sulfone groups is 1. The maximum atomic E-state index is 12.3. The van der Waals surface area contributed by atoms with Crippen molar-refractivity contribution in [3.8, 4) is 0 Å². The lowest BCUT2D eigenvalue weighted by Crippen LogP contribution is -2.30. The van der Waals surface area contributed by atoms with Crippen molar-refractivity contribution in [2.75, 3.05) is 12.0 Å². The molecule has 2 heterocycles. The molecule has 22 heavy (non-hydrogen) atoms. The molecule has 1 amide bonds. The molecule has 0 spiro atoms. The normalized spacial score (nSPS) is 17.8. The first-order valence-electron chi connectivity index (χ1n) is 6.77. The Labute approximate surface area is 133 Å². The molecule has 1 atom stereocenters. The zero-order chi connectivity index (χ0) is 15.7. The predicted octanol–water partition coefficient (Wildman–Crippen LogP) is 2.65. The number of nitrogens with one attached hydrogen (secondary N) is 1. The van der Waals surface area contributed by atoms with E-state index in [1.165, 1.54) is 12.1 Å². The maximum absolute atomic E-state index is 12.3. The fourth-order valence-corrected chi connectivity index (χ4v) is 4.04. The van der Waals surface area contributed by atoms with Crippen LogP contribution in [0.2, 0.25) is 0 Å². The summed E-state index contributed by atoms with van der Waals surface area (Å²) >= 11 is 1.77. The highest BCUT2D eigenvalue weighted by Gasteiger charge is 2.24. The molecule has 0 saturated heterocycles. The Balaban J connectivity index is 1.80. The summed E-state index contributed by atoms with van der Waals surface area (Å²) in [5.41, 5.74) is 1.09. The van der Waals surface area contributed by atoms with Crippen molar-refractivity contribution in [2.45, 2.75) is 22.5 Å². The van der Waals surface area contributed by atoms with Gasteiger partial charge in [0.15, 0.2) is 5.76 Å². The van der Waals surface area contributed by atoms with Gasteiger partial charge in [-0.2, -0.15) is 0 Å². The van der Waals surface area contributed by atoms with E-state index in [1.807, 2.05) is 24.3 Å². The average molecular weight is 337 g/mol. The Morgan fingerprint density at radius 3 is 2.77 bits per heavy atom. The van der Waals surface area contributed by atoms with Gasteiger partial charge < -0.3 is 9.73 Å². The van der Waals surface area contributed by atoms with Gasteiger partial charge in [0.05, 0.1) is 6.04 Å². The number of amides is 1. The van der Waals surface area contributed by atoms with E-state index < -0.39 is 15.7 Å². The zero-order valence-corrected chi connectivity index (χ0v) is 13.5. The van der Waals surface area contributed by atoms with Gasteiger partial charge in [0.1, 0.15) is 0 Å². The van der Waals surface area contributed by atoms with E-state index >= 15 is 0 Å². The molecular formula is C15H15NO4S2. The highest BCUT2D eigenvalue weighted by atomic mass is 32.2. The number of fused-ring (bicyclic) bond motifs is 1. The van der Waals surface area contributed by atoms with Crippen LogP contribution in [0.5, 0.6) is 0 Å². The van der Waals surface area contributed by atoms with Crippen molar-refractivity contribution in [3.63, 3.8) is 0 Å². The molecule has 1 aromatic heterocycles. The first-order valence-corrected chi connectivity index (χ1v) is 9.65. The average Bonchev–Trinajstić information content (AvgIpc) is 2.98. The molecule has 3 rings (SSSR count). The van der Waals surface area contributed by atoms with Crippen LogP contribution in [0.4, 0.5) is 0 Å². The van der Waals surface area contributed by atoms with E-state index in [0.717, 1.165) is 28.9 Å². The molecule has 1 N–H and O–H groups in total. The van der Waals surface area contributed by atoms with Gasteiger partial charge >= 0.3 is 0 Å². The third-order valence-corrected chi connectivity index (χ3v) is 5.51. The van der Waals surface area contributed by atoms with Crippen molar-refractivity contribution in [1.82, 2.24) is 5.32 Å². The van der Waals surface area contributed by atoms with Crippen molar-refractivity contribution in [2.24, 2.45) is 0 Å². The molecule has 5 nitrogen and oxygen atoms in total. The van der Waals surface area contributed by atoms with Gasteiger partial charge in [-0.05, 0) is 30.2 Å². The smallest absolute Gasteiger partial charge is 0.287 e. The second kappa shape index (κ2) is 5.81. The van der Waals surface area contributed by atoms with Crippen LogP contribution >= 0.6 is 11.8 Å².